The summed E-state index contributed by atoms with van der Waals surface area (Å²) in [5, 5.41) is 1.06. The number of hydrogen-bond donors (Lipinski definition) is 0. The lowest BCUT2D eigenvalue weighted by Crippen LogP contribution is -2.49. The highest BCUT2D eigenvalue weighted by molar-refractivity contribution is 6.22. The third-order valence-corrected chi connectivity index (χ3v) is 6.79. The first-order valence-electron chi connectivity index (χ1n) is 11.8. The van der Waals surface area contributed by atoms with Crippen molar-refractivity contribution in [1.82, 2.24) is 14.8 Å². The van der Waals surface area contributed by atoms with Gasteiger partial charge in [0.1, 0.15) is 17.1 Å². The molecule has 0 aliphatic carbocycles. The van der Waals surface area contributed by atoms with E-state index in [1.54, 1.807) is 44.1 Å². The molecule has 3 aromatic rings. The fourth-order valence-electron chi connectivity index (χ4n) is 4.88. The van der Waals surface area contributed by atoms with Gasteiger partial charge in [-0.3, -0.25) is 19.3 Å². The molecule has 2 aliphatic heterocycles. The summed E-state index contributed by atoms with van der Waals surface area (Å²) in [7, 11) is 1.64. The molecule has 2 aromatic carbocycles. The van der Waals surface area contributed by atoms with E-state index in [9.17, 15) is 14.4 Å². The van der Waals surface area contributed by atoms with Crippen molar-refractivity contribution in [2.24, 2.45) is 0 Å². The highest BCUT2D eigenvalue weighted by atomic mass is 16.5. The van der Waals surface area contributed by atoms with Crippen molar-refractivity contribution in [3.8, 4) is 5.75 Å². The summed E-state index contributed by atoms with van der Waals surface area (Å²) in [6.07, 6.45) is 0. The molecule has 0 unspecified atom stereocenters. The van der Waals surface area contributed by atoms with Gasteiger partial charge in [-0.15, -0.1) is 0 Å². The Kier molecular flexibility index (Phi) is 5.67. The summed E-state index contributed by atoms with van der Waals surface area (Å²) in [5.74, 6) is 0.819. The molecule has 35 heavy (non-hydrogen) atoms. The number of aromatic nitrogens is 1. The van der Waals surface area contributed by atoms with Gasteiger partial charge in [0.2, 0.25) is 0 Å². The summed E-state index contributed by atoms with van der Waals surface area (Å²) in [5.41, 5.74) is 3.04. The number of aryl methyl sites for hydroxylation is 1. The highest BCUT2D eigenvalue weighted by Gasteiger charge is 2.38. The monoisotopic (exact) mass is 472 g/mol. The Morgan fingerprint density at radius 3 is 2.37 bits per heavy atom. The van der Waals surface area contributed by atoms with Gasteiger partial charge in [0.25, 0.3) is 17.7 Å². The predicted molar refractivity (Wildman–Crippen MR) is 133 cm³/mol. The zero-order chi connectivity index (χ0) is 24.9. The number of methoxy groups -OCH3 is 1. The van der Waals surface area contributed by atoms with Gasteiger partial charge in [-0.25, -0.2) is 4.98 Å². The summed E-state index contributed by atoms with van der Waals surface area (Å²) in [4.78, 5) is 48.5. The van der Waals surface area contributed by atoms with Crippen LogP contribution in [0.1, 0.15) is 50.5 Å². The number of rotatable bonds is 4. The molecule has 2 aliphatic rings. The van der Waals surface area contributed by atoms with Crippen molar-refractivity contribution in [1.29, 1.82) is 0 Å². The first-order chi connectivity index (χ1) is 16.8. The number of hydrogen-bond acceptors (Lipinski definition) is 6. The van der Waals surface area contributed by atoms with Crippen LogP contribution < -0.4 is 9.64 Å². The zero-order valence-corrected chi connectivity index (χ0v) is 20.4. The fourth-order valence-corrected chi connectivity index (χ4v) is 4.88. The molecule has 8 nitrogen and oxygen atoms in total. The minimum Gasteiger partial charge on any atom is -0.494 e. The van der Waals surface area contributed by atoms with E-state index in [0.29, 0.717) is 42.9 Å². The van der Waals surface area contributed by atoms with E-state index in [4.69, 9.17) is 9.72 Å². The molecule has 3 amide bonds. The molecule has 0 saturated carbocycles. The minimum atomic E-state index is -0.340. The second-order valence-electron chi connectivity index (χ2n) is 9.27. The molecule has 8 heteroatoms. The van der Waals surface area contributed by atoms with Crippen LogP contribution in [0.4, 0.5) is 5.82 Å². The van der Waals surface area contributed by atoms with Crippen LogP contribution >= 0.6 is 0 Å². The predicted octanol–water partition coefficient (Wildman–Crippen LogP) is 3.52. The third-order valence-electron chi connectivity index (χ3n) is 6.79. The van der Waals surface area contributed by atoms with E-state index in [-0.39, 0.29) is 23.8 Å². The van der Waals surface area contributed by atoms with E-state index in [0.717, 1.165) is 28.0 Å². The van der Waals surface area contributed by atoms with Gasteiger partial charge in [0, 0.05) is 43.2 Å². The molecule has 1 saturated heterocycles. The van der Waals surface area contributed by atoms with Crippen LogP contribution in [0.2, 0.25) is 0 Å². The number of para-hydroxylation sites is 1. The first kappa shape index (κ1) is 22.8. The number of piperazine rings is 1. The number of pyridine rings is 1. The second kappa shape index (κ2) is 8.69. The van der Waals surface area contributed by atoms with Gasteiger partial charge in [-0.1, -0.05) is 12.1 Å². The molecule has 180 valence electrons. The number of benzene rings is 2. The highest BCUT2D eigenvalue weighted by Crippen LogP contribution is 2.30. The molecule has 3 heterocycles. The molecule has 0 spiro atoms. The molecule has 0 atom stereocenters. The maximum atomic E-state index is 13.2. The Labute approximate surface area is 204 Å². The summed E-state index contributed by atoms with van der Waals surface area (Å²) in [6, 6.07) is 12.5. The van der Waals surface area contributed by atoms with E-state index in [2.05, 4.69) is 17.9 Å². The van der Waals surface area contributed by atoms with E-state index >= 15 is 0 Å². The van der Waals surface area contributed by atoms with E-state index in [1.165, 1.54) is 4.90 Å². The SMILES string of the molecule is COc1cccc2c(C)cc(N3CCN(C(=O)c4ccc5c(c4)C(=O)N(C(C)C)C5=O)CC3)nc12. The van der Waals surface area contributed by atoms with Crippen LogP contribution in [0.25, 0.3) is 10.9 Å². The zero-order valence-electron chi connectivity index (χ0n) is 20.4. The second-order valence-corrected chi connectivity index (χ2v) is 9.27. The number of imide groups is 1. The van der Waals surface area contributed by atoms with Crippen LogP contribution in [0, 0.1) is 6.92 Å². The molecule has 1 aromatic heterocycles. The summed E-state index contributed by atoms with van der Waals surface area (Å²) >= 11 is 0. The van der Waals surface area contributed by atoms with Crippen molar-refractivity contribution in [3.05, 3.63) is 64.7 Å². The Balaban J connectivity index is 1.33. The lowest BCUT2D eigenvalue weighted by Gasteiger charge is -2.35. The number of nitrogens with zero attached hydrogens (tertiary/aromatic N) is 4. The molecular weight excluding hydrogens is 444 g/mol. The Bertz CT molecular complexity index is 1360. The quantitative estimate of drug-likeness (QED) is 0.541. The fraction of sp³-hybridized carbons (Fsp3) is 0.333. The number of anilines is 1. The van der Waals surface area contributed by atoms with Gasteiger partial charge in [-0.05, 0) is 56.7 Å². The maximum absolute atomic E-state index is 13.2. The largest absolute Gasteiger partial charge is 0.494 e. The Morgan fingerprint density at radius 1 is 0.971 bits per heavy atom. The van der Waals surface area contributed by atoms with E-state index in [1.807, 2.05) is 18.2 Å². The molecular formula is C27H28N4O4. The number of carbonyl (C=O) groups excluding carboxylic acids is 3. The average molecular weight is 473 g/mol. The molecule has 0 bridgehead atoms. The molecule has 5 rings (SSSR count). The Morgan fingerprint density at radius 2 is 1.69 bits per heavy atom. The number of fused-ring (bicyclic) bond motifs is 2. The lowest BCUT2D eigenvalue weighted by atomic mass is 10.0. The number of carbonyl (C=O) groups is 3. The van der Waals surface area contributed by atoms with Gasteiger partial charge >= 0.3 is 0 Å². The lowest BCUT2D eigenvalue weighted by molar-refractivity contribution is 0.0608. The molecule has 0 N–H and O–H groups in total. The van der Waals surface area contributed by atoms with Gasteiger partial charge in [0.05, 0.1) is 18.2 Å². The third kappa shape index (κ3) is 3.79. The van der Waals surface area contributed by atoms with Crippen LogP contribution in [0.5, 0.6) is 5.75 Å². The average Bonchev–Trinajstić information content (AvgIpc) is 3.12. The Hall–Kier alpha value is -3.94. The van der Waals surface area contributed by atoms with Crippen LogP contribution in [-0.4, -0.2) is 71.8 Å². The number of amides is 3. The van der Waals surface area contributed by atoms with Crippen LogP contribution in [0.3, 0.4) is 0 Å². The van der Waals surface area contributed by atoms with Gasteiger partial charge < -0.3 is 14.5 Å². The van der Waals surface area contributed by atoms with Crippen LogP contribution in [-0.2, 0) is 0 Å². The van der Waals surface area contributed by atoms with Gasteiger partial charge in [0.15, 0.2) is 0 Å². The molecule has 0 radical (unpaired) electrons. The first-order valence-corrected chi connectivity index (χ1v) is 11.8. The smallest absolute Gasteiger partial charge is 0.261 e. The van der Waals surface area contributed by atoms with Crippen molar-refractivity contribution >= 4 is 34.4 Å². The minimum absolute atomic E-state index is 0.139. The molecule has 1 fully saturated rings. The maximum Gasteiger partial charge on any atom is 0.261 e. The van der Waals surface area contributed by atoms with Crippen molar-refractivity contribution in [3.63, 3.8) is 0 Å². The van der Waals surface area contributed by atoms with Crippen molar-refractivity contribution in [2.45, 2.75) is 26.8 Å². The van der Waals surface area contributed by atoms with Crippen molar-refractivity contribution in [2.75, 3.05) is 38.2 Å². The normalized spacial score (nSPS) is 15.9. The van der Waals surface area contributed by atoms with E-state index < -0.39 is 0 Å². The van der Waals surface area contributed by atoms with Crippen molar-refractivity contribution < 1.29 is 19.1 Å². The number of ether oxygens (including phenoxy) is 1. The topological polar surface area (TPSA) is 83.0 Å². The van der Waals surface area contributed by atoms with Crippen LogP contribution in [0.15, 0.2) is 42.5 Å². The van der Waals surface area contributed by atoms with Gasteiger partial charge in [-0.2, -0.15) is 0 Å². The summed E-state index contributed by atoms with van der Waals surface area (Å²) < 4.78 is 5.51. The summed E-state index contributed by atoms with van der Waals surface area (Å²) in [6.45, 7) is 8.01. The standard InChI is InChI=1S/C27H28N4O4/c1-16(2)31-26(33)20-9-8-18(15-21(20)27(31)34)25(32)30-12-10-29(11-13-30)23-14-17(3)19-6-5-7-22(35-4)24(19)28-23/h5-9,14-16H,10-13H2,1-4H3.